The first-order chi connectivity index (χ1) is 8.45. The Hall–Kier alpha value is 0.580. The topological polar surface area (TPSA) is 27.7 Å². The Balaban J connectivity index is 1.72. The Morgan fingerprint density at radius 1 is 0.706 bits per heavy atom. The van der Waals surface area contributed by atoms with Crippen LogP contribution >= 0.6 is 24.1 Å². The molecular formula is C12H22O3S2. The minimum Gasteiger partial charge on any atom is -0.349 e. The van der Waals surface area contributed by atoms with E-state index in [0.717, 1.165) is 26.1 Å². The summed E-state index contributed by atoms with van der Waals surface area (Å²) in [6.45, 7) is 1.72. The normalized spacial score (nSPS) is 33.2. The van der Waals surface area contributed by atoms with Crippen molar-refractivity contribution in [2.45, 2.75) is 62.2 Å². The molecule has 2 atom stereocenters. The summed E-state index contributed by atoms with van der Waals surface area (Å²) in [7, 11) is 0. The predicted molar refractivity (Wildman–Crippen MR) is 72.7 cm³/mol. The molecule has 100 valence electrons. The Morgan fingerprint density at radius 2 is 1.24 bits per heavy atom. The lowest BCUT2D eigenvalue weighted by atomic mass is 10.2. The molecule has 0 aromatic carbocycles. The zero-order valence-corrected chi connectivity index (χ0v) is 11.9. The van der Waals surface area contributed by atoms with Crippen LogP contribution in [0.25, 0.3) is 0 Å². The van der Waals surface area contributed by atoms with Gasteiger partial charge in [0, 0.05) is 24.1 Å². The zero-order chi connectivity index (χ0) is 11.8. The number of ether oxygens (including phenoxy) is 1. The van der Waals surface area contributed by atoms with Crippen molar-refractivity contribution in [3.63, 3.8) is 0 Å². The van der Waals surface area contributed by atoms with Gasteiger partial charge in [-0.05, 0) is 38.5 Å². The second-order valence-corrected chi connectivity index (χ2v) is 6.44. The van der Waals surface area contributed by atoms with Gasteiger partial charge in [-0.1, -0.05) is 12.8 Å². The van der Waals surface area contributed by atoms with Crippen LogP contribution in [-0.4, -0.2) is 24.1 Å². The van der Waals surface area contributed by atoms with E-state index in [9.17, 15) is 0 Å². The van der Waals surface area contributed by atoms with Crippen LogP contribution in [0.5, 0.6) is 0 Å². The fourth-order valence-corrected chi connectivity index (χ4v) is 3.68. The fourth-order valence-electron chi connectivity index (χ4n) is 1.99. The third kappa shape index (κ3) is 5.83. The summed E-state index contributed by atoms with van der Waals surface area (Å²) < 4.78 is 17.1. The molecule has 2 heterocycles. The minimum absolute atomic E-state index is 0.191. The summed E-state index contributed by atoms with van der Waals surface area (Å²) in [5.41, 5.74) is 0.381. The second kappa shape index (κ2) is 8.64. The zero-order valence-electron chi connectivity index (χ0n) is 10.3. The van der Waals surface area contributed by atoms with Gasteiger partial charge in [-0.2, -0.15) is 0 Å². The lowest BCUT2D eigenvalue weighted by Gasteiger charge is -2.25. The highest BCUT2D eigenvalue weighted by molar-refractivity contribution is 7.95. The van der Waals surface area contributed by atoms with Gasteiger partial charge in [-0.3, -0.25) is 0 Å². The minimum atomic E-state index is 0.191. The highest BCUT2D eigenvalue weighted by Gasteiger charge is 2.21. The molecule has 0 spiro atoms. The van der Waals surface area contributed by atoms with Crippen molar-refractivity contribution in [2.24, 2.45) is 0 Å². The molecule has 0 bridgehead atoms. The van der Waals surface area contributed by atoms with Crippen molar-refractivity contribution < 1.29 is 13.1 Å². The van der Waals surface area contributed by atoms with E-state index in [4.69, 9.17) is 13.1 Å². The van der Waals surface area contributed by atoms with Crippen molar-refractivity contribution in [1.29, 1.82) is 0 Å². The molecule has 17 heavy (non-hydrogen) atoms. The van der Waals surface area contributed by atoms with Crippen molar-refractivity contribution in [3.8, 4) is 0 Å². The predicted octanol–water partition coefficient (Wildman–Crippen LogP) is 4.13. The van der Waals surface area contributed by atoms with Crippen LogP contribution in [0.4, 0.5) is 0 Å². The molecule has 3 nitrogen and oxygen atoms in total. The summed E-state index contributed by atoms with van der Waals surface area (Å²) in [4.78, 5) is 0. The van der Waals surface area contributed by atoms with E-state index < -0.39 is 0 Å². The van der Waals surface area contributed by atoms with Gasteiger partial charge in [0.2, 0.25) is 0 Å². The molecule has 0 aromatic rings. The van der Waals surface area contributed by atoms with Crippen LogP contribution in [0.3, 0.4) is 0 Å². The maximum absolute atomic E-state index is 6.08. The number of rotatable bonds is 2. The molecule has 2 rings (SSSR count). The Morgan fingerprint density at radius 3 is 1.76 bits per heavy atom. The van der Waals surface area contributed by atoms with Gasteiger partial charge in [-0.15, -0.1) is 0 Å². The second-order valence-electron chi connectivity index (χ2n) is 4.53. The van der Waals surface area contributed by atoms with E-state index in [1.807, 2.05) is 0 Å². The molecule has 0 aromatic heterocycles. The monoisotopic (exact) mass is 278 g/mol. The third-order valence-electron chi connectivity index (χ3n) is 2.99. The Bertz CT molecular complexity index is 168. The van der Waals surface area contributed by atoms with Crippen LogP contribution in [0.2, 0.25) is 0 Å². The summed E-state index contributed by atoms with van der Waals surface area (Å²) in [5, 5.41) is 0. The quantitative estimate of drug-likeness (QED) is 0.708. The molecule has 0 radical (unpaired) electrons. The van der Waals surface area contributed by atoms with E-state index in [0.29, 0.717) is 0 Å². The first-order valence-corrected chi connectivity index (χ1v) is 8.28. The van der Waals surface area contributed by atoms with Crippen LogP contribution in [0, 0.1) is 0 Å². The largest absolute Gasteiger partial charge is 0.349 e. The van der Waals surface area contributed by atoms with E-state index in [-0.39, 0.29) is 10.9 Å². The molecular weight excluding hydrogens is 256 g/mol. The van der Waals surface area contributed by atoms with Gasteiger partial charge >= 0.3 is 0 Å². The Kier molecular flexibility index (Phi) is 7.12. The fraction of sp³-hybridized carbons (Fsp3) is 1.00. The summed E-state index contributed by atoms with van der Waals surface area (Å²) in [6, 6.07) is 0. The smallest absolute Gasteiger partial charge is 0.130 e. The summed E-state index contributed by atoms with van der Waals surface area (Å²) in [6.07, 6.45) is 9.58. The maximum Gasteiger partial charge on any atom is 0.130 e. The van der Waals surface area contributed by atoms with Crippen molar-refractivity contribution in [2.75, 3.05) is 13.2 Å². The van der Waals surface area contributed by atoms with E-state index in [1.54, 1.807) is 0 Å². The number of hydrogen-bond donors (Lipinski definition) is 0. The van der Waals surface area contributed by atoms with Crippen molar-refractivity contribution in [3.05, 3.63) is 0 Å². The van der Waals surface area contributed by atoms with Crippen LogP contribution in [-0.2, 0) is 13.1 Å². The van der Waals surface area contributed by atoms with Crippen LogP contribution in [0.15, 0.2) is 0 Å². The standard InChI is InChI=1S/C12H22O3S2/c1-3-7-11(16-13-9-5-1)15-12-8-4-2-6-10-14-17-12/h11-12H,1-10H2. The first-order valence-electron chi connectivity index (χ1n) is 6.67. The van der Waals surface area contributed by atoms with Gasteiger partial charge < -0.3 is 13.1 Å². The molecule has 0 saturated carbocycles. The van der Waals surface area contributed by atoms with Crippen molar-refractivity contribution >= 4 is 24.1 Å². The molecule has 2 aliphatic heterocycles. The highest BCUT2D eigenvalue weighted by atomic mass is 32.2. The summed E-state index contributed by atoms with van der Waals surface area (Å²) >= 11 is 3.02. The number of hydrogen-bond acceptors (Lipinski definition) is 5. The molecule has 2 aliphatic rings. The lowest BCUT2D eigenvalue weighted by molar-refractivity contribution is 0.0637. The maximum atomic E-state index is 6.08. The van der Waals surface area contributed by atoms with E-state index >= 15 is 0 Å². The van der Waals surface area contributed by atoms with Crippen molar-refractivity contribution in [1.82, 2.24) is 0 Å². The average Bonchev–Trinajstić information content (AvgIpc) is 2.24. The van der Waals surface area contributed by atoms with Crippen LogP contribution in [0.1, 0.15) is 51.4 Å². The van der Waals surface area contributed by atoms with Gasteiger partial charge in [0.05, 0.1) is 13.2 Å². The highest BCUT2D eigenvalue weighted by Crippen LogP contribution is 2.31. The Labute approximate surface area is 113 Å². The first kappa shape index (κ1) is 14.0. The van der Waals surface area contributed by atoms with E-state index in [1.165, 1.54) is 62.6 Å². The third-order valence-corrected chi connectivity index (χ3v) is 4.72. The molecule has 0 amide bonds. The van der Waals surface area contributed by atoms with Gasteiger partial charge in [0.25, 0.3) is 0 Å². The van der Waals surface area contributed by atoms with Gasteiger partial charge in [0.1, 0.15) is 10.9 Å². The SMILES string of the molecule is C1CCOSC(OC2CCCCCOS2)CC1. The lowest BCUT2D eigenvalue weighted by Crippen LogP contribution is -2.20. The summed E-state index contributed by atoms with van der Waals surface area (Å²) in [5.74, 6) is 0. The average molecular weight is 278 g/mol. The molecule has 5 heteroatoms. The van der Waals surface area contributed by atoms with E-state index in [2.05, 4.69) is 0 Å². The molecule has 2 fully saturated rings. The van der Waals surface area contributed by atoms with Gasteiger partial charge in [0.15, 0.2) is 0 Å². The molecule has 0 N–H and O–H groups in total. The van der Waals surface area contributed by atoms with Crippen LogP contribution < -0.4 is 0 Å². The van der Waals surface area contributed by atoms with Gasteiger partial charge in [-0.25, -0.2) is 0 Å². The molecule has 2 unspecified atom stereocenters. The molecule has 0 aliphatic carbocycles. The molecule has 2 saturated heterocycles.